The van der Waals surface area contributed by atoms with E-state index in [1.807, 2.05) is 12.1 Å². The van der Waals surface area contributed by atoms with E-state index in [1.165, 1.54) is 0 Å². The minimum atomic E-state index is -0.134. The molecule has 0 amide bonds. The molecular formula is C14H18ClNO2. The summed E-state index contributed by atoms with van der Waals surface area (Å²) in [7, 11) is 0. The molecule has 3 nitrogen and oxygen atoms in total. The fraction of sp³-hybridized carbons (Fsp3) is 0.500. The second-order valence-electron chi connectivity index (χ2n) is 4.61. The van der Waals surface area contributed by atoms with Crippen molar-refractivity contribution in [2.45, 2.75) is 32.3 Å². The van der Waals surface area contributed by atoms with Crippen molar-refractivity contribution in [3.8, 4) is 5.75 Å². The van der Waals surface area contributed by atoms with Crippen LogP contribution in [0.15, 0.2) is 18.2 Å². The summed E-state index contributed by atoms with van der Waals surface area (Å²) in [6, 6.07) is 5.43. The van der Waals surface area contributed by atoms with Crippen molar-refractivity contribution in [1.82, 2.24) is 0 Å². The molecule has 0 saturated heterocycles. The molecule has 0 bridgehead atoms. The molecule has 0 spiro atoms. The molecule has 18 heavy (non-hydrogen) atoms. The average Bonchev–Trinajstić information content (AvgIpc) is 2.45. The molecule has 0 atom stereocenters. The van der Waals surface area contributed by atoms with Crippen LogP contribution in [0.4, 0.5) is 5.69 Å². The van der Waals surface area contributed by atoms with Gasteiger partial charge in [-0.15, -0.1) is 11.6 Å². The first-order valence-electron chi connectivity index (χ1n) is 6.30. The van der Waals surface area contributed by atoms with Crippen LogP contribution in [0.25, 0.3) is 0 Å². The summed E-state index contributed by atoms with van der Waals surface area (Å²) in [6.45, 7) is 5.02. The third-order valence-electron chi connectivity index (χ3n) is 3.64. The molecule has 0 unspecified atom stereocenters. The summed E-state index contributed by atoms with van der Waals surface area (Å²) >= 11 is 5.56. The van der Waals surface area contributed by atoms with Crippen molar-refractivity contribution in [3.63, 3.8) is 0 Å². The van der Waals surface area contributed by atoms with Crippen molar-refractivity contribution in [2.75, 3.05) is 17.7 Å². The van der Waals surface area contributed by atoms with Crippen LogP contribution in [-0.2, 0) is 0 Å². The Morgan fingerprint density at radius 2 is 2.17 bits per heavy atom. The van der Waals surface area contributed by atoms with E-state index in [1.54, 1.807) is 6.07 Å². The van der Waals surface area contributed by atoms with E-state index in [-0.39, 0.29) is 17.3 Å². The molecule has 0 aromatic heterocycles. The number of alkyl halides is 1. The van der Waals surface area contributed by atoms with Gasteiger partial charge in [0.05, 0.1) is 18.1 Å². The van der Waals surface area contributed by atoms with Gasteiger partial charge in [-0.2, -0.15) is 0 Å². The van der Waals surface area contributed by atoms with E-state index in [9.17, 15) is 4.79 Å². The number of rotatable bonds is 4. The van der Waals surface area contributed by atoms with Crippen LogP contribution < -0.4 is 10.1 Å². The fourth-order valence-electron chi connectivity index (χ4n) is 2.18. The molecule has 1 aromatic rings. The quantitative estimate of drug-likeness (QED) is 0.671. The van der Waals surface area contributed by atoms with E-state index in [0.29, 0.717) is 5.56 Å². The lowest BCUT2D eigenvalue weighted by atomic mass is 9.95. The van der Waals surface area contributed by atoms with Crippen LogP contribution in [0, 0.1) is 0 Å². The monoisotopic (exact) mass is 267 g/mol. The highest BCUT2D eigenvalue weighted by molar-refractivity contribution is 6.30. The Morgan fingerprint density at radius 1 is 1.44 bits per heavy atom. The molecule has 0 fully saturated rings. The second kappa shape index (κ2) is 5.19. The molecule has 1 heterocycles. The number of halogens is 1. The molecule has 1 N–H and O–H groups in total. The van der Waals surface area contributed by atoms with Crippen LogP contribution in [-0.4, -0.2) is 23.8 Å². The number of ether oxygens (including phenoxy) is 1. The highest BCUT2D eigenvalue weighted by Gasteiger charge is 2.32. The molecular weight excluding hydrogens is 250 g/mol. The minimum absolute atomic E-state index is 0.00744. The van der Waals surface area contributed by atoms with Gasteiger partial charge >= 0.3 is 0 Å². The summed E-state index contributed by atoms with van der Waals surface area (Å²) in [6.07, 6.45) is 1.91. The van der Waals surface area contributed by atoms with E-state index >= 15 is 0 Å². The van der Waals surface area contributed by atoms with E-state index in [2.05, 4.69) is 19.2 Å². The zero-order chi connectivity index (χ0) is 13.2. The number of Topliss-reactive ketones (excluding diaryl/α,β-unsaturated/α-hetero) is 1. The molecule has 1 aliphatic heterocycles. The van der Waals surface area contributed by atoms with Crippen molar-refractivity contribution >= 4 is 23.1 Å². The zero-order valence-electron chi connectivity index (χ0n) is 10.8. The molecule has 2 rings (SSSR count). The minimum Gasteiger partial charge on any atom is -0.483 e. The predicted molar refractivity (Wildman–Crippen MR) is 73.9 cm³/mol. The SMILES string of the molecule is CCC1(CC)CNc2cc(C(=O)CCl)ccc2O1. The first-order chi connectivity index (χ1) is 8.64. The number of hydrogen-bond donors (Lipinski definition) is 1. The van der Waals surface area contributed by atoms with Crippen LogP contribution in [0.3, 0.4) is 0 Å². The zero-order valence-corrected chi connectivity index (χ0v) is 11.5. The molecule has 98 valence electrons. The largest absolute Gasteiger partial charge is 0.483 e. The Balaban J connectivity index is 2.28. The Kier molecular flexibility index (Phi) is 3.81. The van der Waals surface area contributed by atoms with Gasteiger partial charge in [0.1, 0.15) is 11.4 Å². The fourth-order valence-corrected chi connectivity index (χ4v) is 2.33. The van der Waals surface area contributed by atoms with Gasteiger partial charge in [0.15, 0.2) is 5.78 Å². The molecule has 0 aliphatic carbocycles. The van der Waals surface area contributed by atoms with Gasteiger partial charge in [-0.3, -0.25) is 4.79 Å². The van der Waals surface area contributed by atoms with E-state index in [0.717, 1.165) is 30.8 Å². The molecule has 1 aromatic carbocycles. The average molecular weight is 268 g/mol. The number of nitrogens with one attached hydrogen (secondary N) is 1. The maximum Gasteiger partial charge on any atom is 0.177 e. The normalized spacial score (nSPS) is 16.4. The van der Waals surface area contributed by atoms with Gasteiger partial charge in [0.2, 0.25) is 0 Å². The summed E-state index contributed by atoms with van der Waals surface area (Å²) < 4.78 is 6.08. The van der Waals surface area contributed by atoms with E-state index in [4.69, 9.17) is 16.3 Å². The molecule has 0 saturated carbocycles. The van der Waals surface area contributed by atoms with Crippen molar-refractivity contribution < 1.29 is 9.53 Å². The van der Waals surface area contributed by atoms with Gasteiger partial charge in [0, 0.05) is 5.56 Å². The van der Waals surface area contributed by atoms with E-state index < -0.39 is 0 Å². The Labute approximate surface area is 112 Å². The maximum atomic E-state index is 11.5. The number of hydrogen-bond acceptors (Lipinski definition) is 3. The summed E-state index contributed by atoms with van der Waals surface area (Å²) in [5.74, 6) is 0.758. The standard InChI is InChI=1S/C14H18ClNO2/c1-3-14(4-2)9-16-11-7-10(12(17)8-15)5-6-13(11)18-14/h5-7,16H,3-4,8-9H2,1-2H3. The van der Waals surface area contributed by atoms with Crippen LogP contribution >= 0.6 is 11.6 Å². The van der Waals surface area contributed by atoms with Crippen LogP contribution in [0.5, 0.6) is 5.75 Å². The number of fused-ring (bicyclic) bond motifs is 1. The lowest BCUT2D eigenvalue weighted by molar-refractivity contribution is 0.0670. The van der Waals surface area contributed by atoms with Crippen molar-refractivity contribution in [1.29, 1.82) is 0 Å². The molecule has 4 heteroatoms. The number of ketones is 1. The summed E-state index contributed by atoms with van der Waals surface area (Å²) in [5, 5.41) is 3.35. The number of carbonyl (C=O) groups excluding carboxylic acids is 1. The number of anilines is 1. The van der Waals surface area contributed by atoms with Gasteiger partial charge < -0.3 is 10.1 Å². The Morgan fingerprint density at radius 3 is 2.78 bits per heavy atom. The Bertz CT molecular complexity index is 455. The molecule has 0 radical (unpaired) electrons. The van der Waals surface area contributed by atoms with Gasteiger partial charge in [-0.1, -0.05) is 13.8 Å². The van der Waals surface area contributed by atoms with Crippen molar-refractivity contribution in [3.05, 3.63) is 23.8 Å². The smallest absolute Gasteiger partial charge is 0.177 e. The van der Waals surface area contributed by atoms with Gasteiger partial charge in [-0.25, -0.2) is 0 Å². The third kappa shape index (κ3) is 2.32. The first kappa shape index (κ1) is 13.2. The highest BCUT2D eigenvalue weighted by Crippen LogP contribution is 2.36. The predicted octanol–water partition coefficient (Wildman–Crippen LogP) is 3.47. The Hall–Kier alpha value is -1.22. The van der Waals surface area contributed by atoms with Gasteiger partial charge in [-0.05, 0) is 31.0 Å². The van der Waals surface area contributed by atoms with Crippen LogP contribution in [0.1, 0.15) is 37.0 Å². The summed E-state index contributed by atoms with van der Waals surface area (Å²) in [5.41, 5.74) is 1.37. The van der Waals surface area contributed by atoms with Gasteiger partial charge in [0.25, 0.3) is 0 Å². The number of benzene rings is 1. The van der Waals surface area contributed by atoms with Crippen LogP contribution in [0.2, 0.25) is 0 Å². The third-order valence-corrected chi connectivity index (χ3v) is 3.88. The van der Waals surface area contributed by atoms with Crippen molar-refractivity contribution in [2.24, 2.45) is 0 Å². The second-order valence-corrected chi connectivity index (χ2v) is 4.88. The topological polar surface area (TPSA) is 38.3 Å². The summed E-state index contributed by atoms with van der Waals surface area (Å²) in [4.78, 5) is 11.5. The molecule has 1 aliphatic rings. The lowest BCUT2D eigenvalue weighted by Crippen LogP contribution is -2.44. The highest BCUT2D eigenvalue weighted by atomic mass is 35.5. The number of carbonyl (C=O) groups is 1. The first-order valence-corrected chi connectivity index (χ1v) is 6.83. The maximum absolute atomic E-state index is 11.5. The lowest BCUT2D eigenvalue weighted by Gasteiger charge is -2.38.